The van der Waals surface area contributed by atoms with E-state index in [1.54, 1.807) is 0 Å². The van der Waals surface area contributed by atoms with Crippen molar-refractivity contribution in [1.82, 2.24) is 0 Å². The van der Waals surface area contributed by atoms with Gasteiger partial charge in [-0.25, -0.2) is 4.79 Å². The molecule has 1 aliphatic rings. The van der Waals surface area contributed by atoms with E-state index in [9.17, 15) is 9.90 Å². The molecular formula is C10H18O4. The molecule has 0 radical (unpaired) electrons. The van der Waals surface area contributed by atoms with E-state index in [4.69, 9.17) is 4.74 Å². The number of rotatable bonds is 2. The molecular weight excluding hydrogens is 184 g/mol. The van der Waals surface area contributed by atoms with Crippen LogP contribution in [0, 0.1) is 5.92 Å². The predicted octanol–water partition coefficient (Wildman–Crippen LogP) is 0.725. The third-order valence-corrected chi connectivity index (χ3v) is 2.62. The second kappa shape index (κ2) is 4.28. The average Bonchev–Trinajstić information content (AvgIpc) is 2.14. The highest BCUT2D eigenvalue weighted by molar-refractivity contribution is 5.74. The Hall–Kier alpha value is -0.610. The van der Waals surface area contributed by atoms with Crippen molar-refractivity contribution in [2.75, 3.05) is 13.7 Å². The molecule has 2 atom stereocenters. The van der Waals surface area contributed by atoms with Gasteiger partial charge in [0.2, 0.25) is 0 Å². The number of methoxy groups -OCH3 is 1. The van der Waals surface area contributed by atoms with Crippen LogP contribution in [0.5, 0.6) is 0 Å². The first-order chi connectivity index (χ1) is 6.46. The summed E-state index contributed by atoms with van der Waals surface area (Å²) in [5, 5.41) is 9.64. The summed E-state index contributed by atoms with van der Waals surface area (Å²) in [6.45, 7) is 4.51. The fourth-order valence-corrected chi connectivity index (χ4v) is 1.86. The second-order valence-electron chi connectivity index (χ2n) is 4.33. The number of hydrogen-bond acceptors (Lipinski definition) is 4. The van der Waals surface area contributed by atoms with Crippen LogP contribution in [-0.2, 0) is 14.3 Å². The van der Waals surface area contributed by atoms with E-state index in [-0.39, 0.29) is 11.5 Å². The molecule has 1 aliphatic heterocycles. The summed E-state index contributed by atoms with van der Waals surface area (Å²) in [7, 11) is 1.29. The SMILES string of the molecule is COC(=O)C(O)C1CCOC(C)(C)C1. The van der Waals surface area contributed by atoms with Crippen LogP contribution >= 0.6 is 0 Å². The van der Waals surface area contributed by atoms with Gasteiger partial charge in [0, 0.05) is 12.5 Å². The van der Waals surface area contributed by atoms with E-state index < -0.39 is 12.1 Å². The van der Waals surface area contributed by atoms with Crippen molar-refractivity contribution in [3.63, 3.8) is 0 Å². The molecule has 82 valence electrons. The van der Waals surface area contributed by atoms with Crippen LogP contribution in [0.3, 0.4) is 0 Å². The smallest absolute Gasteiger partial charge is 0.334 e. The van der Waals surface area contributed by atoms with E-state index in [0.29, 0.717) is 19.4 Å². The van der Waals surface area contributed by atoms with Gasteiger partial charge in [0.1, 0.15) is 0 Å². The van der Waals surface area contributed by atoms with Gasteiger partial charge < -0.3 is 14.6 Å². The van der Waals surface area contributed by atoms with Crippen LogP contribution in [-0.4, -0.2) is 36.5 Å². The van der Waals surface area contributed by atoms with Gasteiger partial charge in [0.05, 0.1) is 12.7 Å². The van der Waals surface area contributed by atoms with Gasteiger partial charge in [0.25, 0.3) is 0 Å². The molecule has 1 fully saturated rings. The van der Waals surface area contributed by atoms with Gasteiger partial charge in [0.15, 0.2) is 6.10 Å². The van der Waals surface area contributed by atoms with Gasteiger partial charge in [-0.1, -0.05) is 0 Å². The lowest BCUT2D eigenvalue weighted by molar-refractivity contribution is -0.159. The summed E-state index contributed by atoms with van der Waals surface area (Å²) >= 11 is 0. The van der Waals surface area contributed by atoms with Crippen LogP contribution in [0.15, 0.2) is 0 Å². The Kier molecular flexibility index (Phi) is 3.50. The van der Waals surface area contributed by atoms with Crippen LogP contribution in [0.1, 0.15) is 26.7 Å². The zero-order valence-electron chi connectivity index (χ0n) is 8.95. The molecule has 14 heavy (non-hydrogen) atoms. The first-order valence-corrected chi connectivity index (χ1v) is 4.86. The number of aliphatic hydroxyl groups excluding tert-OH is 1. The summed E-state index contributed by atoms with van der Waals surface area (Å²) in [5.74, 6) is -0.598. The molecule has 2 unspecified atom stereocenters. The van der Waals surface area contributed by atoms with Crippen molar-refractivity contribution < 1.29 is 19.4 Å². The molecule has 0 aromatic heterocycles. The fourth-order valence-electron chi connectivity index (χ4n) is 1.86. The Bertz CT molecular complexity index is 212. The quantitative estimate of drug-likeness (QED) is 0.670. The third kappa shape index (κ3) is 2.69. The monoisotopic (exact) mass is 202 g/mol. The van der Waals surface area contributed by atoms with Crippen LogP contribution in [0.2, 0.25) is 0 Å². The molecule has 1 heterocycles. The topological polar surface area (TPSA) is 55.8 Å². The summed E-state index contributed by atoms with van der Waals surface area (Å²) in [5.41, 5.74) is -0.252. The zero-order chi connectivity index (χ0) is 10.8. The number of aliphatic hydroxyl groups is 1. The van der Waals surface area contributed by atoms with Gasteiger partial charge >= 0.3 is 5.97 Å². The van der Waals surface area contributed by atoms with E-state index in [1.807, 2.05) is 13.8 Å². The van der Waals surface area contributed by atoms with Crippen LogP contribution in [0.25, 0.3) is 0 Å². The van der Waals surface area contributed by atoms with Crippen LogP contribution < -0.4 is 0 Å². The molecule has 0 aliphatic carbocycles. The Morgan fingerprint density at radius 1 is 1.64 bits per heavy atom. The van der Waals surface area contributed by atoms with Crippen molar-refractivity contribution in [2.24, 2.45) is 5.92 Å². The van der Waals surface area contributed by atoms with E-state index in [1.165, 1.54) is 7.11 Å². The standard InChI is InChI=1S/C10H18O4/c1-10(2)6-7(4-5-14-10)8(11)9(12)13-3/h7-8,11H,4-6H2,1-3H3. The molecule has 0 saturated carbocycles. The molecule has 0 amide bonds. The third-order valence-electron chi connectivity index (χ3n) is 2.62. The molecule has 4 nitrogen and oxygen atoms in total. The van der Waals surface area contributed by atoms with Crippen molar-refractivity contribution in [1.29, 1.82) is 0 Å². The van der Waals surface area contributed by atoms with Gasteiger partial charge in [-0.05, 0) is 26.7 Å². The normalized spacial score (nSPS) is 28.1. The Balaban J connectivity index is 2.56. The number of ether oxygens (including phenoxy) is 2. The Labute approximate surface area is 84.2 Å². The van der Waals surface area contributed by atoms with Crippen molar-refractivity contribution in [2.45, 2.75) is 38.4 Å². The summed E-state index contributed by atoms with van der Waals surface area (Å²) in [6.07, 6.45) is 0.381. The Morgan fingerprint density at radius 3 is 2.79 bits per heavy atom. The van der Waals surface area contributed by atoms with Gasteiger partial charge in [-0.3, -0.25) is 0 Å². The largest absolute Gasteiger partial charge is 0.467 e. The van der Waals surface area contributed by atoms with Gasteiger partial charge in [-0.15, -0.1) is 0 Å². The van der Waals surface area contributed by atoms with Crippen molar-refractivity contribution in [3.05, 3.63) is 0 Å². The molecule has 1 N–H and O–H groups in total. The number of carbonyl (C=O) groups is 1. The number of esters is 1. The lowest BCUT2D eigenvalue weighted by Crippen LogP contribution is -2.41. The number of hydrogen-bond donors (Lipinski definition) is 1. The van der Waals surface area contributed by atoms with E-state index in [0.717, 1.165) is 0 Å². The first-order valence-electron chi connectivity index (χ1n) is 4.86. The molecule has 0 aromatic carbocycles. The molecule has 1 rings (SSSR count). The average molecular weight is 202 g/mol. The maximum absolute atomic E-state index is 11.1. The highest BCUT2D eigenvalue weighted by Crippen LogP contribution is 2.30. The summed E-state index contributed by atoms with van der Waals surface area (Å²) < 4.78 is 10.00. The van der Waals surface area contributed by atoms with E-state index in [2.05, 4.69) is 4.74 Å². The van der Waals surface area contributed by atoms with E-state index >= 15 is 0 Å². The molecule has 1 saturated heterocycles. The maximum atomic E-state index is 11.1. The predicted molar refractivity (Wildman–Crippen MR) is 50.8 cm³/mol. The molecule has 0 bridgehead atoms. The van der Waals surface area contributed by atoms with Crippen LogP contribution in [0.4, 0.5) is 0 Å². The minimum atomic E-state index is -1.01. The highest BCUT2D eigenvalue weighted by Gasteiger charge is 2.36. The highest BCUT2D eigenvalue weighted by atomic mass is 16.5. The first kappa shape index (κ1) is 11.5. The minimum Gasteiger partial charge on any atom is -0.467 e. The zero-order valence-corrected chi connectivity index (χ0v) is 8.95. The maximum Gasteiger partial charge on any atom is 0.334 e. The lowest BCUT2D eigenvalue weighted by Gasteiger charge is -2.36. The summed E-state index contributed by atoms with van der Waals surface area (Å²) in [4.78, 5) is 11.1. The number of carbonyl (C=O) groups excluding carboxylic acids is 1. The van der Waals surface area contributed by atoms with Gasteiger partial charge in [-0.2, -0.15) is 0 Å². The second-order valence-corrected chi connectivity index (χ2v) is 4.33. The molecule has 0 spiro atoms. The minimum absolute atomic E-state index is 0.0498. The lowest BCUT2D eigenvalue weighted by atomic mass is 9.85. The fraction of sp³-hybridized carbons (Fsp3) is 0.900. The summed E-state index contributed by atoms with van der Waals surface area (Å²) in [6, 6.07) is 0. The van der Waals surface area contributed by atoms with Crippen molar-refractivity contribution >= 4 is 5.97 Å². The molecule has 4 heteroatoms. The van der Waals surface area contributed by atoms with Crippen molar-refractivity contribution in [3.8, 4) is 0 Å². The molecule has 0 aromatic rings. The Morgan fingerprint density at radius 2 is 2.29 bits per heavy atom.